The van der Waals surface area contributed by atoms with Gasteiger partial charge in [0.15, 0.2) is 0 Å². The zero-order chi connectivity index (χ0) is 24.9. The molecule has 0 spiro atoms. The fourth-order valence-corrected chi connectivity index (χ4v) is 4.84. The van der Waals surface area contributed by atoms with Crippen LogP contribution in [0.2, 0.25) is 0 Å². The summed E-state index contributed by atoms with van der Waals surface area (Å²) in [6.45, 7) is 3.56. The molecule has 1 aliphatic rings. The van der Waals surface area contributed by atoms with Gasteiger partial charge in [-0.25, -0.2) is 9.97 Å². The number of aromatic nitrogens is 3. The third-order valence-electron chi connectivity index (χ3n) is 6.42. The number of nitrogens with one attached hydrogen (secondary N) is 2. The highest BCUT2D eigenvalue weighted by Crippen LogP contribution is 2.40. The molecule has 5 rings (SSSR count). The van der Waals surface area contributed by atoms with Crippen molar-refractivity contribution in [3.63, 3.8) is 0 Å². The first-order valence-corrected chi connectivity index (χ1v) is 11.4. The van der Waals surface area contributed by atoms with Crippen molar-refractivity contribution in [1.82, 2.24) is 15.0 Å². The molecule has 180 valence electrons. The smallest absolute Gasteiger partial charge is 0.399 e. The van der Waals surface area contributed by atoms with Crippen molar-refractivity contribution in [2.45, 2.75) is 45.3 Å². The minimum atomic E-state index is -4.50. The Balaban J connectivity index is 1.64. The number of alkyl halides is 3. The highest BCUT2D eigenvalue weighted by Gasteiger charge is 2.31. The van der Waals surface area contributed by atoms with Crippen molar-refractivity contribution < 1.29 is 13.2 Å². The summed E-state index contributed by atoms with van der Waals surface area (Å²) in [6.07, 6.45) is -0.146. The second-order valence-electron chi connectivity index (χ2n) is 8.94. The summed E-state index contributed by atoms with van der Waals surface area (Å²) in [4.78, 5) is 23.9. The minimum absolute atomic E-state index is 0.0432. The van der Waals surface area contributed by atoms with Gasteiger partial charge in [0.2, 0.25) is 5.56 Å². The first kappa shape index (κ1) is 22.9. The Hall–Kier alpha value is -3.88. The maximum absolute atomic E-state index is 13.3. The van der Waals surface area contributed by atoms with E-state index in [0.717, 1.165) is 59.0 Å². The van der Waals surface area contributed by atoms with Gasteiger partial charge in [0.25, 0.3) is 0 Å². The van der Waals surface area contributed by atoms with Gasteiger partial charge in [0.05, 0.1) is 17.1 Å². The Morgan fingerprint density at radius 1 is 1.09 bits per heavy atom. The highest BCUT2D eigenvalue weighted by atomic mass is 19.4. The molecule has 1 aliphatic carbocycles. The Morgan fingerprint density at radius 2 is 1.86 bits per heavy atom. The molecule has 0 aliphatic heterocycles. The molecule has 35 heavy (non-hydrogen) atoms. The lowest BCUT2D eigenvalue weighted by atomic mass is 9.94. The molecule has 4 aromatic rings. The van der Waals surface area contributed by atoms with E-state index >= 15 is 0 Å². The topological polar surface area (TPSA) is 96.7 Å². The van der Waals surface area contributed by atoms with Crippen molar-refractivity contribution in [2.75, 3.05) is 11.1 Å². The Morgan fingerprint density at radius 3 is 2.60 bits per heavy atom. The second-order valence-corrected chi connectivity index (χ2v) is 8.94. The molecule has 2 aromatic heterocycles. The molecule has 0 radical (unpaired) electrons. The molecule has 0 saturated heterocycles. The summed E-state index contributed by atoms with van der Waals surface area (Å²) in [7, 11) is 0. The van der Waals surface area contributed by atoms with Crippen LogP contribution in [0.15, 0.2) is 47.4 Å². The monoisotopic (exact) mass is 479 g/mol. The van der Waals surface area contributed by atoms with Crippen LogP contribution in [0.3, 0.4) is 0 Å². The lowest BCUT2D eigenvalue weighted by molar-refractivity contribution is -0.137. The first-order chi connectivity index (χ1) is 16.6. The molecule has 0 amide bonds. The van der Waals surface area contributed by atoms with E-state index in [1.807, 2.05) is 12.1 Å². The van der Waals surface area contributed by atoms with Gasteiger partial charge in [-0.05, 0) is 91.3 Å². The molecule has 4 N–H and O–H groups in total. The summed E-state index contributed by atoms with van der Waals surface area (Å²) in [5, 5.41) is 4.05. The fraction of sp³-hybridized carbons (Fsp3) is 0.269. The number of nitrogen functional groups attached to an aromatic ring is 1. The van der Waals surface area contributed by atoms with Crippen molar-refractivity contribution in [2.24, 2.45) is 0 Å². The third-order valence-corrected chi connectivity index (χ3v) is 6.42. The van der Waals surface area contributed by atoms with E-state index in [1.54, 1.807) is 26.1 Å². The molecule has 0 saturated carbocycles. The van der Waals surface area contributed by atoms with Crippen LogP contribution in [0, 0.1) is 6.92 Å². The summed E-state index contributed by atoms with van der Waals surface area (Å²) in [6, 6.07) is 8.45. The predicted octanol–water partition coefficient (Wildman–Crippen LogP) is 5.56. The number of nitrogens with two attached hydrogens (primary N) is 1. The summed E-state index contributed by atoms with van der Waals surface area (Å²) in [5.41, 5.74) is 10.1. The van der Waals surface area contributed by atoms with Crippen LogP contribution in [-0.2, 0) is 19.0 Å². The summed E-state index contributed by atoms with van der Waals surface area (Å²) >= 11 is 0. The van der Waals surface area contributed by atoms with Crippen LogP contribution in [-0.4, -0.2) is 15.0 Å². The zero-order valence-corrected chi connectivity index (χ0v) is 19.3. The number of aromatic amines is 1. The number of rotatable bonds is 4. The van der Waals surface area contributed by atoms with Crippen molar-refractivity contribution in [3.8, 4) is 11.1 Å². The second kappa shape index (κ2) is 8.41. The van der Waals surface area contributed by atoms with Gasteiger partial charge in [-0.15, -0.1) is 0 Å². The first-order valence-electron chi connectivity index (χ1n) is 11.4. The molecule has 0 bridgehead atoms. The molecule has 0 fully saturated rings. The molecule has 2 aromatic carbocycles. The quantitative estimate of drug-likeness (QED) is 0.333. The van der Waals surface area contributed by atoms with Crippen molar-refractivity contribution >= 4 is 22.4 Å². The lowest BCUT2D eigenvalue weighted by Gasteiger charge is -2.20. The van der Waals surface area contributed by atoms with Crippen LogP contribution in [0.4, 0.5) is 24.7 Å². The number of benzene rings is 2. The fourth-order valence-electron chi connectivity index (χ4n) is 4.84. The Bertz CT molecular complexity index is 1510. The number of halogens is 3. The number of H-pyrrole nitrogens is 1. The molecular weight excluding hydrogens is 455 g/mol. The number of hydrogen-bond acceptors (Lipinski definition) is 5. The maximum Gasteiger partial charge on any atom is 0.416 e. The number of fused-ring (bicyclic) bond motifs is 3. The third kappa shape index (κ3) is 4.34. The molecule has 1 unspecified atom stereocenters. The van der Waals surface area contributed by atoms with E-state index in [9.17, 15) is 18.0 Å². The number of pyridine rings is 1. The van der Waals surface area contributed by atoms with Crippen LogP contribution in [0.5, 0.6) is 0 Å². The number of nitrogens with zero attached hydrogens (tertiary/aromatic N) is 2. The van der Waals surface area contributed by atoms with Crippen LogP contribution < -0.4 is 16.6 Å². The predicted molar refractivity (Wildman–Crippen MR) is 130 cm³/mol. The van der Waals surface area contributed by atoms with Gasteiger partial charge in [-0.3, -0.25) is 4.79 Å². The van der Waals surface area contributed by atoms with E-state index < -0.39 is 17.8 Å². The molecule has 9 heteroatoms. The van der Waals surface area contributed by atoms with Crippen molar-refractivity contribution in [3.05, 3.63) is 81.0 Å². The zero-order valence-electron chi connectivity index (χ0n) is 19.3. The standard InChI is InChI=1S/C26H24F3N5O/c1-13(16-8-17(26(27,28)29)11-18(30)9-16)32-25-22-12-21(15-6-7-31-23(35)10-15)19-4-3-5-20(19)24(22)33-14(2)34-25/h6-13H,3-5,30H2,1-2H3,(H,31,35)(H,32,33,34). The van der Waals surface area contributed by atoms with E-state index in [1.165, 1.54) is 11.6 Å². The highest BCUT2D eigenvalue weighted by molar-refractivity contribution is 5.97. The van der Waals surface area contributed by atoms with E-state index in [4.69, 9.17) is 10.7 Å². The number of aryl methyl sites for hydroxylation is 2. The maximum atomic E-state index is 13.3. The largest absolute Gasteiger partial charge is 0.416 e. The van der Waals surface area contributed by atoms with Crippen molar-refractivity contribution in [1.29, 1.82) is 0 Å². The Labute approximate surface area is 199 Å². The lowest BCUT2D eigenvalue weighted by Crippen LogP contribution is -2.13. The number of hydrogen-bond donors (Lipinski definition) is 3. The van der Waals surface area contributed by atoms with Gasteiger partial charge < -0.3 is 16.0 Å². The molecule has 6 nitrogen and oxygen atoms in total. The van der Waals surface area contributed by atoms with Gasteiger partial charge in [0.1, 0.15) is 11.6 Å². The summed E-state index contributed by atoms with van der Waals surface area (Å²) < 4.78 is 40.0. The van der Waals surface area contributed by atoms with Gasteiger partial charge in [-0.1, -0.05) is 0 Å². The summed E-state index contributed by atoms with van der Waals surface area (Å²) in [5.74, 6) is 1.09. The van der Waals surface area contributed by atoms with Gasteiger partial charge >= 0.3 is 6.18 Å². The van der Waals surface area contributed by atoms with E-state index in [-0.39, 0.29) is 11.2 Å². The number of anilines is 2. The Kier molecular flexibility index (Phi) is 5.50. The van der Waals surface area contributed by atoms with Gasteiger partial charge in [0, 0.05) is 23.3 Å². The van der Waals surface area contributed by atoms with Crippen LogP contribution in [0.25, 0.3) is 22.0 Å². The van der Waals surface area contributed by atoms with Gasteiger partial charge in [-0.2, -0.15) is 13.2 Å². The molecule has 2 heterocycles. The normalized spacial score (nSPS) is 14.2. The SMILES string of the molecule is Cc1nc(NC(C)c2cc(N)cc(C(F)(F)F)c2)c2cc(-c3cc[nH]c(=O)c3)c3c(c2n1)CCC3. The molecular formula is C26H24F3N5O. The molecule has 1 atom stereocenters. The van der Waals surface area contributed by atoms with E-state index in [2.05, 4.69) is 15.3 Å². The van der Waals surface area contributed by atoms with Crippen LogP contribution >= 0.6 is 0 Å². The van der Waals surface area contributed by atoms with Crippen LogP contribution in [0.1, 0.15) is 47.5 Å². The van der Waals surface area contributed by atoms with E-state index in [0.29, 0.717) is 17.2 Å². The minimum Gasteiger partial charge on any atom is -0.399 e. The average molecular weight is 480 g/mol. The average Bonchev–Trinajstić information content (AvgIpc) is 3.28.